The van der Waals surface area contributed by atoms with Crippen molar-refractivity contribution in [3.8, 4) is 0 Å². The molecular formula is C16H21ClN2O2. The molecule has 3 rings (SSSR count). The molecule has 1 atom stereocenters. The van der Waals surface area contributed by atoms with E-state index in [0.717, 1.165) is 55.6 Å². The lowest BCUT2D eigenvalue weighted by Gasteiger charge is -2.31. The van der Waals surface area contributed by atoms with Crippen LogP contribution in [0, 0.1) is 6.92 Å². The van der Waals surface area contributed by atoms with Crippen LogP contribution < -0.4 is 0 Å². The number of halogens is 1. The SMILES string of the molecule is CCCc1c(C)nc(Cl)c2c1C(=O)OC2N1CCCCC1. The lowest BCUT2D eigenvalue weighted by atomic mass is 9.98. The highest BCUT2D eigenvalue weighted by Gasteiger charge is 2.40. The minimum atomic E-state index is -0.344. The third-order valence-corrected chi connectivity index (χ3v) is 4.68. The van der Waals surface area contributed by atoms with E-state index in [1.165, 1.54) is 6.42 Å². The number of rotatable bonds is 3. The van der Waals surface area contributed by atoms with E-state index in [1.807, 2.05) is 6.92 Å². The number of pyridine rings is 1. The molecule has 0 aromatic carbocycles. The van der Waals surface area contributed by atoms with E-state index in [2.05, 4.69) is 16.8 Å². The van der Waals surface area contributed by atoms with E-state index in [0.29, 0.717) is 10.7 Å². The van der Waals surface area contributed by atoms with Crippen LogP contribution in [0.2, 0.25) is 5.15 Å². The predicted molar refractivity (Wildman–Crippen MR) is 81.6 cm³/mol. The Labute approximate surface area is 130 Å². The summed E-state index contributed by atoms with van der Waals surface area (Å²) in [5.74, 6) is -0.239. The number of piperidine rings is 1. The smallest absolute Gasteiger partial charge is 0.340 e. The molecule has 3 heterocycles. The van der Waals surface area contributed by atoms with Crippen molar-refractivity contribution in [2.24, 2.45) is 0 Å². The third-order valence-electron chi connectivity index (χ3n) is 4.39. The van der Waals surface area contributed by atoms with Crippen LogP contribution in [0.1, 0.15) is 66.0 Å². The van der Waals surface area contributed by atoms with Gasteiger partial charge in [0, 0.05) is 18.8 Å². The number of hydrogen-bond donors (Lipinski definition) is 0. The molecule has 21 heavy (non-hydrogen) atoms. The second-order valence-electron chi connectivity index (χ2n) is 5.86. The molecule has 1 unspecified atom stereocenters. The Hall–Kier alpha value is -1.13. The Balaban J connectivity index is 2.06. The number of fused-ring (bicyclic) bond motifs is 1. The van der Waals surface area contributed by atoms with Crippen molar-refractivity contribution in [3.63, 3.8) is 0 Å². The van der Waals surface area contributed by atoms with E-state index < -0.39 is 0 Å². The fourth-order valence-electron chi connectivity index (χ4n) is 3.37. The highest BCUT2D eigenvalue weighted by molar-refractivity contribution is 6.31. The fraction of sp³-hybridized carbons (Fsp3) is 0.625. The molecule has 1 fully saturated rings. The molecule has 4 nitrogen and oxygen atoms in total. The van der Waals surface area contributed by atoms with Crippen LogP contribution >= 0.6 is 11.6 Å². The minimum Gasteiger partial charge on any atom is -0.438 e. The Bertz CT molecular complexity index is 568. The number of esters is 1. The predicted octanol–water partition coefficient (Wildman–Crippen LogP) is 3.65. The molecule has 1 aromatic heterocycles. The van der Waals surface area contributed by atoms with Gasteiger partial charge in [-0.25, -0.2) is 9.78 Å². The number of cyclic esters (lactones) is 1. The van der Waals surface area contributed by atoms with E-state index in [4.69, 9.17) is 16.3 Å². The first-order chi connectivity index (χ1) is 10.1. The van der Waals surface area contributed by atoms with Gasteiger partial charge in [0.2, 0.25) is 0 Å². The molecule has 0 bridgehead atoms. The van der Waals surface area contributed by atoms with Gasteiger partial charge in [-0.3, -0.25) is 4.90 Å². The fourth-order valence-corrected chi connectivity index (χ4v) is 3.68. The van der Waals surface area contributed by atoms with Crippen molar-refractivity contribution in [1.29, 1.82) is 0 Å². The summed E-state index contributed by atoms with van der Waals surface area (Å²) >= 11 is 6.36. The Morgan fingerprint density at radius 1 is 1.33 bits per heavy atom. The summed E-state index contributed by atoms with van der Waals surface area (Å²) in [6, 6.07) is 0. The maximum Gasteiger partial charge on any atom is 0.340 e. The highest BCUT2D eigenvalue weighted by Crippen LogP contribution is 2.41. The molecule has 114 valence electrons. The van der Waals surface area contributed by atoms with Gasteiger partial charge < -0.3 is 4.74 Å². The van der Waals surface area contributed by atoms with E-state index >= 15 is 0 Å². The van der Waals surface area contributed by atoms with E-state index in [1.54, 1.807) is 0 Å². The quantitative estimate of drug-likeness (QED) is 0.631. The maximum absolute atomic E-state index is 12.4. The van der Waals surface area contributed by atoms with Crippen LogP contribution in [0.4, 0.5) is 0 Å². The van der Waals surface area contributed by atoms with Gasteiger partial charge in [0.05, 0.1) is 11.1 Å². The monoisotopic (exact) mass is 308 g/mol. The molecule has 0 radical (unpaired) electrons. The molecule has 0 aliphatic carbocycles. The highest BCUT2D eigenvalue weighted by atomic mass is 35.5. The number of likely N-dealkylation sites (tertiary alicyclic amines) is 1. The molecule has 1 aromatic rings. The lowest BCUT2D eigenvalue weighted by Crippen LogP contribution is -2.34. The molecule has 0 amide bonds. The van der Waals surface area contributed by atoms with Crippen molar-refractivity contribution >= 4 is 17.6 Å². The first-order valence-electron chi connectivity index (χ1n) is 7.77. The topological polar surface area (TPSA) is 42.4 Å². The first kappa shape index (κ1) is 14.8. The zero-order chi connectivity index (χ0) is 15.0. The van der Waals surface area contributed by atoms with Gasteiger partial charge in [-0.1, -0.05) is 31.4 Å². The molecule has 2 aliphatic rings. The number of hydrogen-bond acceptors (Lipinski definition) is 4. The largest absolute Gasteiger partial charge is 0.438 e. The number of aryl methyl sites for hydroxylation is 1. The van der Waals surface area contributed by atoms with Gasteiger partial charge >= 0.3 is 5.97 Å². The maximum atomic E-state index is 12.4. The summed E-state index contributed by atoms with van der Waals surface area (Å²) in [5, 5.41) is 0.420. The van der Waals surface area contributed by atoms with Crippen molar-refractivity contribution in [3.05, 3.63) is 27.5 Å². The Morgan fingerprint density at radius 3 is 2.71 bits per heavy atom. The lowest BCUT2D eigenvalue weighted by molar-refractivity contribution is -0.0301. The minimum absolute atomic E-state index is 0.239. The van der Waals surface area contributed by atoms with Crippen LogP contribution in [0.25, 0.3) is 0 Å². The number of aromatic nitrogens is 1. The van der Waals surface area contributed by atoms with Gasteiger partial charge in [0.25, 0.3) is 0 Å². The van der Waals surface area contributed by atoms with Gasteiger partial charge in [0.1, 0.15) is 5.15 Å². The van der Waals surface area contributed by atoms with E-state index in [9.17, 15) is 4.79 Å². The van der Waals surface area contributed by atoms with Gasteiger partial charge in [-0.05, 0) is 31.7 Å². The molecule has 2 aliphatic heterocycles. The molecule has 0 spiro atoms. The Morgan fingerprint density at radius 2 is 2.05 bits per heavy atom. The van der Waals surface area contributed by atoms with E-state index in [-0.39, 0.29) is 12.2 Å². The number of ether oxygens (including phenoxy) is 1. The number of nitrogens with zero attached hydrogens (tertiary/aromatic N) is 2. The number of carbonyl (C=O) groups excluding carboxylic acids is 1. The van der Waals surface area contributed by atoms with Crippen molar-refractivity contribution < 1.29 is 9.53 Å². The molecule has 0 saturated carbocycles. The van der Waals surface area contributed by atoms with Crippen molar-refractivity contribution in [1.82, 2.24) is 9.88 Å². The van der Waals surface area contributed by atoms with Gasteiger partial charge in [0.15, 0.2) is 6.23 Å². The van der Waals surface area contributed by atoms with Crippen molar-refractivity contribution in [2.45, 2.75) is 52.2 Å². The average Bonchev–Trinajstić information content (AvgIpc) is 2.82. The molecule has 0 N–H and O–H groups in total. The first-order valence-corrected chi connectivity index (χ1v) is 8.15. The summed E-state index contributed by atoms with van der Waals surface area (Å²) < 4.78 is 5.66. The average molecular weight is 309 g/mol. The van der Waals surface area contributed by atoms with Crippen LogP contribution in [-0.2, 0) is 11.2 Å². The summed E-state index contributed by atoms with van der Waals surface area (Å²) in [7, 11) is 0. The summed E-state index contributed by atoms with van der Waals surface area (Å²) in [5.41, 5.74) is 3.31. The molecular weight excluding hydrogens is 288 g/mol. The van der Waals surface area contributed by atoms with Crippen LogP contribution in [0.5, 0.6) is 0 Å². The summed E-state index contributed by atoms with van der Waals surface area (Å²) in [4.78, 5) is 19.0. The zero-order valence-corrected chi connectivity index (χ0v) is 13.4. The number of carbonyl (C=O) groups is 1. The second kappa shape index (κ2) is 5.93. The Kier molecular flexibility index (Phi) is 4.18. The summed E-state index contributed by atoms with van der Waals surface area (Å²) in [6.45, 7) is 5.91. The molecule has 5 heteroatoms. The van der Waals surface area contributed by atoms with Crippen LogP contribution in [0.3, 0.4) is 0 Å². The third kappa shape index (κ3) is 2.55. The normalized spacial score (nSPS) is 22.2. The second-order valence-corrected chi connectivity index (χ2v) is 6.22. The zero-order valence-electron chi connectivity index (χ0n) is 12.6. The van der Waals surface area contributed by atoms with Crippen LogP contribution in [0.15, 0.2) is 0 Å². The molecule has 1 saturated heterocycles. The van der Waals surface area contributed by atoms with Gasteiger partial charge in [-0.2, -0.15) is 0 Å². The standard InChI is InChI=1S/C16H21ClN2O2/c1-3-7-11-10(2)18-14(17)13-12(11)16(20)21-15(13)19-8-5-4-6-9-19/h15H,3-9H2,1-2H3. The van der Waals surface area contributed by atoms with Gasteiger partial charge in [-0.15, -0.1) is 0 Å². The van der Waals surface area contributed by atoms with Crippen LogP contribution in [-0.4, -0.2) is 28.9 Å². The van der Waals surface area contributed by atoms with Crippen molar-refractivity contribution in [2.75, 3.05) is 13.1 Å². The summed E-state index contributed by atoms with van der Waals surface area (Å²) in [6.07, 6.45) is 4.98.